The van der Waals surface area contributed by atoms with Gasteiger partial charge in [0, 0.05) is 18.5 Å². The van der Waals surface area contributed by atoms with Gasteiger partial charge in [0.2, 0.25) is 5.91 Å². The molecule has 0 aliphatic carbocycles. The highest BCUT2D eigenvalue weighted by Gasteiger charge is 2.24. The minimum atomic E-state index is -0.531. The molecule has 1 aromatic rings. The molecule has 7 heteroatoms. The first-order valence-electron chi connectivity index (χ1n) is 9.48. The van der Waals surface area contributed by atoms with Crippen LogP contribution >= 0.6 is 0 Å². The fourth-order valence-corrected chi connectivity index (χ4v) is 3.02. The third kappa shape index (κ3) is 7.46. The van der Waals surface area contributed by atoms with Crippen LogP contribution in [-0.2, 0) is 16.1 Å². The zero-order valence-electron chi connectivity index (χ0n) is 16.8. The Labute approximate surface area is 161 Å². The molecule has 0 radical (unpaired) electrons. The third-order valence-corrected chi connectivity index (χ3v) is 4.44. The minimum Gasteiger partial charge on any atom is -0.497 e. The Morgan fingerprint density at radius 1 is 1.15 bits per heavy atom. The van der Waals surface area contributed by atoms with Gasteiger partial charge in [-0.25, -0.2) is 4.79 Å². The number of amides is 2. The second-order valence-corrected chi connectivity index (χ2v) is 7.83. The second-order valence-electron chi connectivity index (χ2n) is 7.83. The molecule has 0 atom stereocenters. The van der Waals surface area contributed by atoms with E-state index in [-0.39, 0.29) is 5.91 Å². The van der Waals surface area contributed by atoms with Crippen LogP contribution in [0, 0.1) is 0 Å². The lowest BCUT2D eigenvalue weighted by molar-refractivity contribution is -0.917. The predicted octanol–water partition coefficient (Wildman–Crippen LogP) is 0.837. The molecular weight excluding hydrogens is 346 g/mol. The predicted molar refractivity (Wildman–Crippen MR) is 103 cm³/mol. The number of piperazine rings is 1. The summed E-state index contributed by atoms with van der Waals surface area (Å²) in [5, 5.41) is 2.64. The minimum absolute atomic E-state index is 0.0783. The molecule has 0 saturated carbocycles. The van der Waals surface area contributed by atoms with E-state index in [2.05, 4.69) is 17.4 Å². The van der Waals surface area contributed by atoms with E-state index in [4.69, 9.17) is 9.47 Å². The maximum absolute atomic E-state index is 12.3. The van der Waals surface area contributed by atoms with Gasteiger partial charge in [-0.3, -0.25) is 4.79 Å². The summed E-state index contributed by atoms with van der Waals surface area (Å²) in [4.78, 5) is 27.3. The molecule has 1 fully saturated rings. The van der Waals surface area contributed by atoms with E-state index in [1.807, 2.05) is 37.8 Å². The average molecular weight is 378 g/mol. The summed E-state index contributed by atoms with van der Waals surface area (Å²) in [6.07, 6.45) is -0.184. The summed E-state index contributed by atoms with van der Waals surface area (Å²) >= 11 is 0. The highest BCUT2D eigenvalue weighted by Crippen LogP contribution is 2.10. The van der Waals surface area contributed by atoms with Crippen molar-refractivity contribution in [3.63, 3.8) is 0 Å². The Kier molecular flexibility index (Phi) is 7.47. The van der Waals surface area contributed by atoms with Crippen LogP contribution < -0.4 is 15.0 Å². The van der Waals surface area contributed by atoms with E-state index < -0.39 is 11.7 Å². The number of quaternary nitrogens is 1. The Balaban J connectivity index is 1.67. The van der Waals surface area contributed by atoms with Gasteiger partial charge in [-0.15, -0.1) is 0 Å². The molecule has 0 aromatic heterocycles. The number of rotatable bonds is 6. The molecule has 2 rings (SSSR count). The first-order chi connectivity index (χ1) is 12.8. The first kappa shape index (κ1) is 21.0. The van der Waals surface area contributed by atoms with Crippen molar-refractivity contribution in [2.45, 2.75) is 39.3 Å². The van der Waals surface area contributed by atoms with Crippen molar-refractivity contribution in [2.24, 2.45) is 0 Å². The number of ether oxygens (including phenoxy) is 2. The monoisotopic (exact) mass is 378 g/mol. The number of carbonyl (C=O) groups is 2. The van der Waals surface area contributed by atoms with Crippen molar-refractivity contribution >= 4 is 12.0 Å². The molecule has 2 amide bonds. The van der Waals surface area contributed by atoms with Gasteiger partial charge < -0.3 is 24.6 Å². The molecule has 150 valence electrons. The Hall–Kier alpha value is -2.28. The van der Waals surface area contributed by atoms with E-state index >= 15 is 0 Å². The Morgan fingerprint density at radius 2 is 1.78 bits per heavy atom. The number of nitrogens with zero attached hydrogens (tertiary/aromatic N) is 1. The molecule has 1 aromatic carbocycles. The number of hydrogen-bond acceptors (Lipinski definition) is 4. The average Bonchev–Trinajstić information content (AvgIpc) is 2.61. The van der Waals surface area contributed by atoms with E-state index in [1.54, 1.807) is 7.11 Å². The van der Waals surface area contributed by atoms with Crippen molar-refractivity contribution in [3.05, 3.63) is 29.8 Å². The SMILES string of the molecule is COc1ccc(C[NH+]2CCN(C(=O)CCNC(=O)OC(C)(C)C)CC2)cc1. The topological polar surface area (TPSA) is 72.3 Å². The quantitative estimate of drug-likeness (QED) is 0.769. The summed E-state index contributed by atoms with van der Waals surface area (Å²) in [7, 11) is 1.67. The normalized spacial score (nSPS) is 15.3. The maximum atomic E-state index is 12.3. The smallest absolute Gasteiger partial charge is 0.407 e. The highest BCUT2D eigenvalue weighted by atomic mass is 16.6. The van der Waals surface area contributed by atoms with E-state index in [0.29, 0.717) is 13.0 Å². The Morgan fingerprint density at radius 3 is 2.33 bits per heavy atom. The van der Waals surface area contributed by atoms with Crippen LogP contribution in [0.2, 0.25) is 0 Å². The van der Waals surface area contributed by atoms with Gasteiger partial charge in [0.25, 0.3) is 0 Å². The van der Waals surface area contributed by atoms with Crippen molar-refractivity contribution < 1.29 is 24.0 Å². The summed E-state index contributed by atoms with van der Waals surface area (Å²) in [5.41, 5.74) is 0.740. The van der Waals surface area contributed by atoms with Crippen LogP contribution in [0.5, 0.6) is 5.75 Å². The Bertz CT molecular complexity index is 617. The van der Waals surface area contributed by atoms with Crippen LogP contribution in [0.15, 0.2) is 24.3 Å². The summed E-state index contributed by atoms with van der Waals surface area (Å²) in [6.45, 7) is 10.0. The first-order valence-corrected chi connectivity index (χ1v) is 9.48. The van der Waals surface area contributed by atoms with E-state index in [1.165, 1.54) is 10.5 Å². The maximum Gasteiger partial charge on any atom is 0.407 e. The summed E-state index contributed by atoms with van der Waals surface area (Å²) < 4.78 is 10.3. The van der Waals surface area contributed by atoms with Crippen LogP contribution in [0.3, 0.4) is 0 Å². The van der Waals surface area contributed by atoms with Crippen LogP contribution in [0.4, 0.5) is 4.79 Å². The lowest BCUT2D eigenvalue weighted by atomic mass is 10.2. The molecule has 1 aliphatic heterocycles. The van der Waals surface area contributed by atoms with Gasteiger partial charge in [0.15, 0.2) is 0 Å². The largest absolute Gasteiger partial charge is 0.497 e. The second kappa shape index (κ2) is 9.60. The van der Waals surface area contributed by atoms with Gasteiger partial charge in [-0.05, 0) is 45.0 Å². The van der Waals surface area contributed by atoms with Gasteiger partial charge in [-0.1, -0.05) is 0 Å². The fraction of sp³-hybridized carbons (Fsp3) is 0.600. The van der Waals surface area contributed by atoms with Crippen molar-refractivity contribution in [2.75, 3.05) is 39.8 Å². The van der Waals surface area contributed by atoms with E-state index in [0.717, 1.165) is 38.5 Å². The number of alkyl carbamates (subject to hydrolysis) is 1. The van der Waals surface area contributed by atoms with Gasteiger partial charge in [-0.2, -0.15) is 0 Å². The molecule has 1 heterocycles. The molecular formula is C20H32N3O4+. The van der Waals surface area contributed by atoms with Crippen LogP contribution in [0.1, 0.15) is 32.8 Å². The van der Waals surface area contributed by atoms with Crippen molar-refractivity contribution in [3.8, 4) is 5.75 Å². The molecule has 7 nitrogen and oxygen atoms in total. The van der Waals surface area contributed by atoms with Crippen LogP contribution in [-0.4, -0.2) is 62.3 Å². The molecule has 0 bridgehead atoms. The molecule has 0 spiro atoms. The third-order valence-electron chi connectivity index (χ3n) is 4.44. The molecule has 1 aliphatic rings. The van der Waals surface area contributed by atoms with E-state index in [9.17, 15) is 9.59 Å². The number of carbonyl (C=O) groups excluding carboxylic acids is 2. The standard InChI is InChI=1S/C20H31N3O4/c1-20(2,3)27-19(25)21-10-9-18(24)23-13-11-22(12-14-23)15-16-5-7-17(26-4)8-6-16/h5-8H,9-15H2,1-4H3,(H,21,25)/p+1. The van der Waals surface area contributed by atoms with Gasteiger partial charge in [0.05, 0.1) is 33.3 Å². The lowest BCUT2D eigenvalue weighted by Crippen LogP contribution is -3.13. The molecule has 0 unspecified atom stereocenters. The zero-order valence-corrected chi connectivity index (χ0v) is 16.8. The number of hydrogen-bond donors (Lipinski definition) is 2. The molecule has 27 heavy (non-hydrogen) atoms. The zero-order chi connectivity index (χ0) is 19.9. The van der Waals surface area contributed by atoms with Crippen molar-refractivity contribution in [1.29, 1.82) is 0 Å². The highest BCUT2D eigenvalue weighted by molar-refractivity contribution is 5.77. The fourth-order valence-electron chi connectivity index (χ4n) is 3.02. The number of benzene rings is 1. The summed E-state index contributed by atoms with van der Waals surface area (Å²) in [5.74, 6) is 0.943. The molecule has 2 N–H and O–H groups in total. The number of nitrogens with one attached hydrogen (secondary N) is 2. The molecule has 1 saturated heterocycles. The van der Waals surface area contributed by atoms with Crippen molar-refractivity contribution in [1.82, 2.24) is 10.2 Å². The summed E-state index contributed by atoms with van der Waals surface area (Å²) in [6, 6.07) is 8.13. The van der Waals surface area contributed by atoms with Gasteiger partial charge in [0.1, 0.15) is 17.9 Å². The lowest BCUT2D eigenvalue weighted by Gasteiger charge is -2.32. The van der Waals surface area contributed by atoms with Gasteiger partial charge >= 0.3 is 6.09 Å². The van der Waals surface area contributed by atoms with Crippen LogP contribution in [0.25, 0.3) is 0 Å². The number of methoxy groups -OCH3 is 1.